The molecule has 2 aromatic carbocycles. The van der Waals surface area contributed by atoms with Crippen molar-refractivity contribution in [2.75, 3.05) is 13.2 Å². The van der Waals surface area contributed by atoms with Gasteiger partial charge in [0.05, 0.1) is 12.2 Å². The fourth-order valence-corrected chi connectivity index (χ4v) is 2.51. The van der Waals surface area contributed by atoms with Crippen molar-refractivity contribution >= 4 is 0 Å². The van der Waals surface area contributed by atoms with E-state index in [2.05, 4.69) is 17.2 Å². The molecule has 0 atom stereocenters. The van der Waals surface area contributed by atoms with Crippen molar-refractivity contribution in [2.45, 2.75) is 33.2 Å². The Balaban J connectivity index is 2.21. The third-order valence-corrected chi connectivity index (χ3v) is 3.90. The zero-order valence-corrected chi connectivity index (χ0v) is 16.2. The van der Waals surface area contributed by atoms with Crippen molar-refractivity contribution in [3.63, 3.8) is 0 Å². The van der Waals surface area contributed by atoms with Gasteiger partial charge in [0.1, 0.15) is 18.2 Å². The van der Waals surface area contributed by atoms with Gasteiger partial charge in [0.2, 0.25) is 0 Å². The molecule has 0 aliphatic carbocycles. The molecule has 0 aromatic heterocycles. The molecule has 156 valence electrons. The number of alkyl halides is 3. The Hall–Kier alpha value is -2.56. The molecule has 0 radical (unpaired) electrons. The first-order valence-corrected chi connectivity index (χ1v) is 9.15. The molecule has 0 heterocycles. The second-order valence-corrected chi connectivity index (χ2v) is 6.75. The summed E-state index contributed by atoms with van der Waals surface area (Å²) in [6.45, 7) is 4.56. The Bertz CT molecular complexity index is 883. The quantitative estimate of drug-likeness (QED) is 0.402. The lowest BCUT2D eigenvalue weighted by Gasteiger charge is -2.14. The van der Waals surface area contributed by atoms with E-state index in [1.54, 1.807) is 12.1 Å². The molecule has 0 bridgehead atoms. The van der Waals surface area contributed by atoms with Gasteiger partial charge in [-0.15, -0.1) is 0 Å². The summed E-state index contributed by atoms with van der Waals surface area (Å²) in [5.41, 5.74) is 0.430. The van der Waals surface area contributed by atoms with Crippen molar-refractivity contribution in [2.24, 2.45) is 5.92 Å². The first kappa shape index (κ1) is 22.7. The molecule has 0 spiro atoms. The van der Waals surface area contributed by atoms with Crippen LogP contribution in [-0.2, 0) is 19.3 Å². The second kappa shape index (κ2) is 10.3. The van der Waals surface area contributed by atoms with E-state index in [1.807, 2.05) is 19.9 Å². The summed E-state index contributed by atoms with van der Waals surface area (Å²) < 4.78 is 57.8. The van der Waals surface area contributed by atoms with Crippen LogP contribution in [0.25, 0.3) is 0 Å². The van der Waals surface area contributed by atoms with Gasteiger partial charge in [0.25, 0.3) is 0 Å². The first-order chi connectivity index (χ1) is 13.7. The highest BCUT2D eigenvalue weighted by Gasteiger charge is 2.34. The summed E-state index contributed by atoms with van der Waals surface area (Å²) in [4.78, 5) is 0. The monoisotopic (exact) mass is 409 g/mol. The van der Waals surface area contributed by atoms with Gasteiger partial charge in [0.15, 0.2) is 0 Å². The number of aliphatic hydroxyl groups excluding tert-OH is 1. The van der Waals surface area contributed by atoms with Crippen LogP contribution in [0.15, 0.2) is 36.4 Å². The average molecular weight is 409 g/mol. The minimum Gasteiger partial charge on any atom is -0.489 e. The van der Waals surface area contributed by atoms with E-state index in [0.717, 1.165) is 23.3 Å². The molecule has 0 saturated carbocycles. The zero-order valence-electron chi connectivity index (χ0n) is 16.2. The zero-order chi connectivity index (χ0) is 21.4. The molecule has 0 unspecified atom stereocenters. The third kappa shape index (κ3) is 7.08. The molecule has 0 saturated heterocycles. The van der Waals surface area contributed by atoms with Gasteiger partial charge in [-0.2, -0.15) is 13.2 Å². The maximum Gasteiger partial charge on any atom is 0.419 e. The predicted octanol–water partition coefficient (Wildman–Crippen LogP) is 4.51. The van der Waals surface area contributed by atoms with Gasteiger partial charge in [-0.05, 0) is 35.9 Å². The van der Waals surface area contributed by atoms with Gasteiger partial charge < -0.3 is 15.2 Å². The molecule has 0 aliphatic heterocycles. The number of hydrogen-bond acceptors (Lipinski definition) is 3. The van der Waals surface area contributed by atoms with Crippen LogP contribution in [0.1, 0.15) is 36.1 Å². The molecule has 3 nitrogen and oxygen atoms in total. The van der Waals surface area contributed by atoms with Crippen LogP contribution in [0.5, 0.6) is 5.75 Å². The predicted molar refractivity (Wildman–Crippen MR) is 103 cm³/mol. The molecular weight excluding hydrogens is 386 g/mol. The van der Waals surface area contributed by atoms with Gasteiger partial charge in [-0.3, -0.25) is 0 Å². The lowest BCUT2D eigenvalue weighted by molar-refractivity contribution is -0.140. The molecule has 0 fully saturated rings. The molecule has 7 heteroatoms. The van der Waals surface area contributed by atoms with Gasteiger partial charge in [0, 0.05) is 30.1 Å². The van der Waals surface area contributed by atoms with Crippen LogP contribution in [0.3, 0.4) is 0 Å². The van der Waals surface area contributed by atoms with Crippen LogP contribution in [-0.4, -0.2) is 18.3 Å². The summed E-state index contributed by atoms with van der Waals surface area (Å²) in [5, 5.41) is 12.0. The number of rotatable bonds is 7. The number of benzene rings is 2. The van der Waals surface area contributed by atoms with Crippen LogP contribution in [0.2, 0.25) is 0 Å². The van der Waals surface area contributed by atoms with E-state index >= 15 is 0 Å². The number of halogens is 4. The van der Waals surface area contributed by atoms with E-state index in [9.17, 15) is 17.6 Å². The highest BCUT2D eigenvalue weighted by molar-refractivity contribution is 5.44. The van der Waals surface area contributed by atoms with E-state index in [1.165, 1.54) is 6.07 Å². The average Bonchev–Trinajstić information content (AvgIpc) is 2.66. The normalized spacial score (nSPS) is 11.3. The lowest BCUT2D eigenvalue weighted by atomic mass is 10.1. The maximum absolute atomic E-state index is 13.4. The Morgan fingerprint density at radius 1 is 1.14 bits per heavy atom. The number of hydrogen-bond donors (Lipinski definition) is 2. The molecular formula is C22H23F4NO2. The summed E-state index contributed by atoms with van der Waals surface area (Å²) in [5.74, 6) is 5.49. The smallest absolute Gasteiger partial charge is 0.419 e. The van der Waals surface area contributed by atoms with Crippen LogP contribution >= 0.6 is 0 Å². The van der Waals surface area contributed by atoms with Crippen molar-refractivity contribution in [1.29, 1.82) is 0 Å². The summed E-state index contributed by atoms with van der Waals surface area (Å²) >= 11 is 0. The Kier molecular flexibility index (Phi) is 8.06. The molecule has 2 N–H and O–H groups in total. The molecule has 2 rings (SSSR count). The topological polar surface area (TPSA) is 41.5 Å². The van der Waals surface area contributed by atoms with E-state index in [-0.39, 0.29) is 24.7 Å². The Morgan fingerprint density at radius 2 is 1.90 bits per heavy atom. The lowest BCUT2D eigenvalue weighted by Crippen LogP contribution is -2.18. The SMILES string of the molecule is CC(C)C#Cc1ccc(OCc2ccc(F)c(C(F)(F)F)c2)c(CNCCO)c1. The number of aliphatic hydroxyl groups is 1. The third-order valence-electron chi connectivity index (χ3n) is 3.90. The van der Waals surface area contributed by atoms with Crippen LogP contribution in [0, 0.1) is 23.6 Å². The minimum absolute atomic E-state index is 0.0289. The maximum atomic E-state index is 13.4. The van der Waals surface area contributed by atoms with Crippen LogP contribution < -0.4 is 10.1 Å². The first-order valence-electron chi connectivity index (χ1n) is 9.15. The molecule has 2 aromatic rings. The Morgan fingerprint density at radius 3 is 2.55 bits per heavy atom. The molecule has 29 heavy (non-hydrogen) atoms. The van der Waals surface area contributed by atoms with Gasteiger partial charge in [-0.1, -0.05) is 31.8 Å². The van der Waals surface area contributed by atoms with Gasteiger partial charge >= 0.3 is 6.18 Å². The minimum atomic E-state index is -4.77. The van der Waals surface area contributed by atoms with Crippen molar-refractivity contribution < 1.29 is 27.4 Å². The Labute approximate surface area is 167 Å². The second-order valence-electron chi connectivity index (χ2n) is 6.75. The molecule has 0 aliphatic rings. The van der Waals surface area contributed by atoms with E-state index in [0.29, 0.717) is 18.8 Å². The van der Waals surface area contributed by atoms with Crippen molar-refractivity contribution in [3.05, 3.63) is 64.5 Å². The summed E-state index contributed by atoms with van der Waals surface area (Å²) in [6.07, 6.45) is -4.77. The van der Waals surface area contributed by atoms with Gasteiger partial charge in [-0.25, -0.2) is 4.39 Å². The number of nitrogens with one attached hydrogen (secondary N) is 1. The summed E-state index contributed by atoms with van der Waals surface area (Å²) in [7, 11) is 0. The largest absolute Gasteiger partial charge is 0.489 e. The van der Waals surface area contributed by atoms with E-state index < -0.39 is 17.6 Å². The standard InChI is InChI=1S/C22H23F4NO2/c1-15(2)3-4-16-6-8-21(18(11-16)13-27-9-10-28)29-14-17-5-7-20(23)19(12-17)22(24,25)26/h5-8,11-12,15,27-28H,9-10,13-14H2,1-2H3. The highest BCUT2D eigenvalue weighted by Crippen LogP contribution is 2.32. The summed E-state index contributed by atoms with van der Waals surface area (Å²) in [6, 6.07) is 8.11. The molecule has 0 amide bonds. The van der Waals surface area contributed by atoms with Crippen molar-refractivity contribution in [3.8, 4) is 17.6 Å². The number of ether oxygens (including phenoxy) is 1. The fourth-order valence-electron chi connectivity index (χ4n) is 2.51. The highest BCUT2D eigenvalue weighted by atomic mass is 19.4. The van der Waals surface area contributed by atoms with E-state index in [4.69, 9.17) is 9.84 Å². The van der Waals surface area contributed by atoms with Crippen molar-refractivity contribution in [1.82, 2.24) is 5.32 Å². The fraction of sp³-hybridized carbons (Fsp3) is 0.364. The van der Waals surface area contributed by atoms with Crippen LogP contribution in [0.4, 0.5) is 17.6 Å².